The molecule has 0 saturated heterocycles. The zero-order valence-corrected chi connectivity index (χ0v) is 18.2. The third-order valence-electron chi connectivity index (χ3n) is 3.82. The van der Waals surface area contributed by atoms with E-state index < -0.39 is 0 Å². The summed E-state index contributed by atoms with van der Waals surface area (Å²) in [6.45, 7) is 10.0. The van der Waals surface area contributed by atoms with Crippen LogP contribution in [0.15, 0.2) is 33.7 Å². The van der Waals surface area contributed by atoms with Gasteiger partial charge >= 0.3 is 0 Å². The number of furan rings is 1. The van der Waals surface area contributed by atoms with Crippen LogP contribution in [0.3, 0.4) is 0 Å². The van der Waals surface area contributed by atoms with Crippen LogP contribution in [0.4, 0.5) is 0 Å². The number of aliphatic imine (C=N–C) groups is 1. The van der Waals surface area contributed by atoms with Crippen molar-refractivity contribution in [2.75, 3.05) is 26.3 Å². The summed E-state index contributed by atoms with van der Waals surface area (Å²) >= 11 is 0. The van der Waals surface area contributed by atoms with Crippen molar-refractivity contribution >= 4 is 40.9 Å². The Bertz CT molecular complexity index is 702. The third-order valence-corrected chi connectivity index (χ3v) is 3.82. The molecule has 0 aliphatic rings. The standard InChI is InChI=1S/C19H29N3O3.HI/c1-5-20-19(21-11-13(3)12-23)22-14(4)17-10-15-8-7-9-16(24-6-2)18(15)25-17;/h7-10,13-14,23H,5-6,11-12H2,1-4H3,(H2,20,21,22);1H. The molecule has 0 saturated carbocycles. The topological polar surface area (TPSA) is 79.0 Å². The number of para-hydroxylation sites is 1. The lowest BCUT2D eigenvalue weighted by Crippen LogP contribution is -2.39. The highest BCUT2D eigenvalue weighted by Crippen LogP contribution is 2.31. The molecule has 2 aromatic rings. The van der Waals surface area contributed by atoms with Crippen molar-refractivity contribution in [1.29, 1.82) is 0 Å². The summed E-state index contributed by atoms with van der Waals surface area (Å²) in [5.41, 5.74) is 0.767. The molecule has 0 bridgehead atoms. The summed E-state index contributed by atoms with van der Waals surface area (Å²) in [5.74, 6) is 2.42. The molecule has 2 rings (SSSR count). The number of aliphatic hydroxyl groups excluding tert-OH is 1. The maximum atomic E-state index is 9.15. The van der Waals surface area contributed by atoms with Crippen molar-refractivity contribution in [3.8, 4) is 5.75 Å². The Labute approximate surface area is 172 Å². The lowest BCUT2D eigenvalue weighted by Gasteiger charge is -2.16. The summed E-state index contributed by atoms with van der Waals surface area (Å²) in [6, 6.07) is 7.87. The first-order chi connectivity index (χ1) is 12.1. The molecule has 1 aromatic heterocycles. The molecular weight excluding hydrogens is 445 g/mol. The lowest BCUT2D eigenvalue weighted by molar-refractivity contribution is 0.241. The average molecular weight is 475 g/mol. The van der Waals surface area contributed by atoms with Gasteiger partial charge in [0.1, 0.15) is 5.76 Å². The van der Waals surface area contributed by atoms with E-state index >= 15 is 0 Å². The maximum absolute atomic E-state index is 9.15. The van der Waals surface area contributed by atoms with Crippen molar-refractivity contribution in [3.05, 3.63) is 30.0 Å². The van der Waals surface area contributed by atoms with Gasteiger partial charge in [-0.05, 0) is 38.8 Å². The summed E-state index contributed by atoms with van der Waals surface area (Å²) in [4.78, 5) is 4.52. The molecule has 0 radical (unpaired) electrons. The molecule has 0 fully saturated rings. The first-order valence-electron chi connectivity index (χ1n) is 8.89. The minimum absolute atomic E-state index is 0. The zero-order chi connectivity index (χ0) is 18.2. The summed E-state index contributed by atoms with van der Waals surface area (Å²) in [5, 5.41) is 16.7. The lowest BCUT2D eigenvalue weighted by atomic mass is 10.2. The number of hydrogen-bond donors (Lipinski definition) is 3. The fourth-order valence-electron chi connectivity index (χ4n) is 2.44. The van der Waals surface area contributed by atoms with Crippen LogP contribution in [0.1, 0.15) is 39.5 Å². The highest BCUT2D eigenvalue weighted by molar-refractivity contribution is 14.0. The van der Waals surface area contributed by atoms with E-state index in [2.05, 4.69) is 15.6 Å². The number of nitrogens with one attached hydrogen (secondary N) is 2. The van der Waals surface area contributed by atoms with Gasteiger partial charge in [0.05, 0.1) is 12.6 Å². The Morgan fingerprint density at radius 3 is 2.73 bits per heavy atom. The molecule has 2 atom stereocenters. The summed E-state index contributed by atoms with van der Waals surface area (Å²) in [6.07, 6.45) is 0. The fourth-order valence-corrected chi connectivity index (χ4v) is 2.44. The van der Waals surface area contributed by atoms with Crippen molar-refractivity contribution in [3.63, 3.8) is 0 Å². The predicted molar refractivity (Wildman–Crippen MR) is 117 cm³/mol. The van der Waals surface area contributed by atoms with Gasteiger partial charge in [0.2, 0.25) is 0 Å². The Hall–Kier alpha value is -1.48. The fraction of sp³-hybridized carbons (Fsp3) is 0.526. The van der Waals surface area contributed by atoms with Gasteiger partial charge in [-0.25, -0.2) is 0 Å². The number of fused-ring (bicyclic) bond motifs is 1. The second kappa shape index (κ2) is 11.3. The van der Waals surface area contributed by atoms with Gasteiger partial charge in [-0.2, -0.15) is 0 Å². The SMILES string of the molecule is CCNC(=NCC(C)CO)NC(C)c1cc2cccc(OCC)c2o1.I. The van der Waals surface area contributed by atoms with Crippen LogP contribution in [0, 0.1) is 5.92 Å². The average Bonchev–Trinajstić information content (AvgIpc) is 3.05. The van der Waals surface area contributed by atoms with Crippen molar-refractivity contribution in [2.24, 2.45) is 10.9 Å². The highest BCUT2D eigenvalue weighted by Gasteiger charge is 2.15. The van der Waals surface area contributed by atoms with Crippen molar-refractivity contribution < 1.29 is 14.3 Å². The second-order valence-corrected chi connectivity index (χ2v) is 6.13. The van der Waals surface area contributed by atoms with Crippen LogP contribution >= 0.6 is 24.0 Å². The van der Waals surface area contributed by atoms with Crippen molar-refractivity contribution in [2.45, 2.75) is 33.7 Å². The van der Waals surface area contributed by atoms with Gasteiger partial charge in [0.15, 0.2) is 17.3 Å². The van der Waals surface area contributed by atoms with E-state index in [9.17, 15) is 0 Å². The summed E-state index contributed by atoms with van der Waals surface area (Å²) in [7, 11) is 0. The molecule has 3 N–H and O–H groups in total. The van der Waals surface area contributed by atoms with Crippen LogP contribution < -0.4 is 15.4 Å². The van der Waals surface area contributed by atoms with E-state index in [0.29, 0.717) is 19.1 Å². The molecule has 146 valence electrons. The highest BCUT2D eigenvalue weighted by atomic mass is 127. The Balaban J connectivity index is 0.00000338. The summed E-state index contributed by atoms with van der Waals surface area (Å²) < 4.78 is 11.7. The van der Waals surface area contributed by atoms with Gasteiger partial charge in [-0.3, -0.25) is 4.99 Å². The van der Waals surface area contributed by atoms with E-state index in [-0.39, 0.29) is 42.5 Å². The quantitative estimate of drug-likeness (QED) is 0.309. The molecule has 2 unspecified atom stereocenters. The number of rotatable bonds is 8. The van der Waals surface area contributed by atoms with E-state index in [1.807, 2.05) is 52.0 Å². The number of ether oxygens (including phenoxy) is 1. The van der Waals surface area contributed by atoms with Crippen LogP contribution in [0.25, 0.3) is 11.0 Å². The van der Waals surface area contributed by atoms with Gasteiger partial charge < -0.3 is 24.9 Å². The minimum Gasteiger partial charge on any atom is -0.490 e. The van der Waals surface area contributed by atoms with Crippen LogP contribution in [-0.4, -0.2) is 37.4 Å². The molecule has 6 nitrogen and oxygen atoms in total. The molecule has 0 aliphatic carbocycles. The molecule has 1 heterocycles. The van der Waals surface area contributed by atoms with Crippen LogP contribution in [0.5, 0.6) is 5.75 Å². The van der Waals surface area contributed by atoms with E-state index in [1.165, 1.54) is 0 Å². The molecule has 7 heteroatoms. The number of hydrogen-bond acceptors (Lipinski definition) is 4. The Morgan fingerprint density at radius 2 is 2.08 bits per heavy atom. The number of aliphatic hydroxyl groups is 1. The van der Waals surface area contributed by atoms with Gasteiger partial charge in [0.25, 0.3) is 0 Å². The number of halogens is 1. The van der Waals surface area contributed by atoms with E-state index in [1.54, 1.807) is 0 Å². The van der Waals surface area contributed by atoms with Gasteiger partial charge in [0, 0.05) is 25.1 Å². The normalized spacial score (nSPS) is 13.8. The van der Waals surface area contributed by atoms with E-state index in [0.717, 1.165) is 29.0 Å². The van der Waals surface area contributed by atoms with Crippen molar-refractivity contribution in [1.82, 2.24) is 10.6 Å². The molecule has 1 aromatic carbocycles. The number of guanidine groups is 1. The largest absolute Gasteiger partial charge is 0.490 e. The third kappa shape index (κ3) is 6.05. The predicted octanol–water partition coefficient (Wildman–Crippen LogP) is 3.69. The maximum Gasteiger partial charge on any atom is 0.191 e. The molecule has 0 spiro atoms. The minimum atomic E-state index is -0.0518. The number of benzene rings is 1. The molecular formula is C19H30IN3O3. The second-order valence-electron chi connectivity index (χ2n) is 6.13. The Kier molecular flexibility index (Phi) is 9.79. The number of nitrogens with zero attached hydrogens (tertiary/aromatic N) is 1. The Morgan fingerprint density at radius 1 is 1.31 bits per heavy atom. The monoisotopic (exact) mass is 475 g/mol. The molecule has 0 aliphatic heterocycles. The molecule has 0 amide bonds. The first-order valence-corrected chi connectivity index (χ1v) is 8.89. The molecule has 26 heavy (non-hydrogen) atoms. The van der Waals surface area contributed by atoms with E-state index in [4.69, 9.17) is 14.3 Å². The zero-order valence-electron chi connectivity index (χ0n) is 15.9. The van der Waals surface area contributed by atoms with Gasteiger partial charge in [-0.1, -0.05) is 19.1 Å². The smallest absolute Gasteiger partial charge is 0.191 e. The van der Waals surface area contributed by atoms with Crippen LogP contribution in [-0.2, 0) is 0 Å². The first kappa shape index (κ1) is 22.6. The van der Waals surface area contributed by atoms with Crippen LogP contribution in [0.2, 0.25) is 0 Å². The van der Waals surface area contributed by atoms with Gasteiger partial charge in [-0.15, -0.1) is 24.0 Å².